The zero-order valence-corrected chi connectivity index (χ0v) is 17.1. The van der Waals surface area contributed by atoms with E-state index in [1.54, 1.807) is 0 Å². The van der Waals surface area contributed by atoms with Crippen molar-refractivity contribution in [3.63, 3.8) is 0 Å². The van der Waals surface area contributed by atoms with Crippen molar-refractivity contribution in [1.29, 1.82) is 0 Å². The number of carbonyl (C=O) groups excluding carboxylic acids is 2. The molecule has 5 rings (SSSR count). The van der Waals surface area contributed by atoms with Crippen molar-refractivity contribution >= 4 is 34.5 Å². The summed E-state index contributed by atoms with van der Waals surface area (Å²) in [6.45, 7) is 2.22. The van der Waals surface area contributed by atoms with Crippen LogP contribution in [0.25, 0.3) is 11.0 Å². The van der Waals surface area contributed by atoms with Gasteiger partial charge in [0.05, 0.1) is 17.5 Å². The Morgan fingerprint density at radius 2 is 1.80 bits per heavy atom. The molecule has 3 atom stereocenters. The summed E-state index contributed by atoms with van der Waals surface area (Å²) < 4.78 is 1.98. The zero-order chi connectivity index (χ0) is 20.7. The van der Waals surface area contributed by atoms with E-state index in [0.717, 1.165) is 36.0 Å². The minimum absolute atomic E-state index is 0.00906. The molecular weight excluding hydrogens is 376 g/mol. The first-order valence-corrected chi connectivity index (χ1v) is 10.8. The van der Waals surface area contributed by atoms with Crippen LogP contribution in [0.4, 0.5) is 11.6 Å². The maximum atomic E-state index is 13.6. The molecule has 6 nitrogen and oxygen atoms in total. The summed E-state index contributed by atoms with van der Waals surface area (Å²) in [4.78, 5) is 33.1. The van der Waals surface area contributed by atoms with E-state index in [1.807, 2.05) is 64.1 Å². The molecule has 6 heteroatoms. The van der Waals surface area contributed by atoms with Gasteiger partial charge in [-0.05, 0) is 43.0 Å². The SMILES string of the molecule is C[C@@H]1CCCC[C@H]1N1C(=O)[C@@H](CC(=O)Nc2ccccc2)n2c1nc1ccccc12. The lowest BCUT2D eigenvalue weighted by Crippen LogP contribution is -2.44. The van der Waals surface area contributed by atoms with Crippen LogP contribution in [0.1, 0.15) is 45.1 Å². The highest BCUT2D eigenvalue weighted by atomic mass is 16.2. The van der Waals surface area contributed by atoms with E-state index in [-0.39, 0.29) is 24.3 Å². The predicted octanol–water partition coefficient (Wildman–Crippen LogP) is 4.53. The molecule has 2 amide bonds. The van der Waals surface area contributed by atoms with Crippen molar-refractivity contribution in [2.24, 2.45) is 5.92 Å². The highest BCUT2D eigenvalue weighted by Gasteiger charge is 2.45. The lowest BCUT2D eigenvalue weighted by Gasteiger charge is -2.35. The summed E-state index contributed by atoms with van der Waals surface area (Å²) in [7, 11) is 0. The van der Waals surface area contributed by atoms with E-state index in [9.17, 15) is 9.59 Å². The fourth-order valence-electron chi connectivity index (χ4n) is 4.96. The average molecular weight is 402 g/mol. The quantitative estimate of drug-likeness (QED) is 0.697. The number of nitrogens with one attached hydrogen (secondary N) is 1. The molecule has 1 aliphatic heterocycles. The number of rotatable bonds is 4. The van der Waals surface area contributed by atoms with Gasteiger partial charge in [-0.3, -0.25) is 19.1 Å². The lowest BCUT2D eigenvalue weighted by atomic mass is 9.85. The molecule has 1 aromatic heterocycles. The van der Waals surface area contributed by atoms with Gasteiger partial charge in [0.2, 0.25) is 11.9 Å². The number of imidazole rings is 1. The Morgan fingerprint density at radius 1 is 1.07 bits per heavy atom. The largest absolute Gasteiger partial charge is 0.326 e. The Kier molecular flexibility index (Phi) is 4.77. The van der Waals surface area contributed by atoms with Crippen LogP contribution in [0, 0.1) is 5.92 Å². The van der Waals surface area contributed by atoms with Gasteiger partial charge in [0, 0.05) is 11.7 Å². The molecule has 30 heavy (non-hydrogen) atoms. The van der Waals surface area contributed by atoms with Gasteiger partial charge in [-0.25, -0.2) is 4.98 Å². The second kappa shape index (κ2) is 7.59. The van der Waals surface area contributed by atoms with E-state index in [0.29, 0.717) is 11.9 Å². The van der Waals surface area contributed by atoms with E-state index < -0.39 is 6.04 Å². The molecule has 1 fully saturated rings. The molecule has 2 aromatic carbocycles. The maximum Gasteiger partial charge on any atom is 0.253 e. The van der Waals surface area contributed by atoms with Gasteiger partial charge in [0.1, 0.15) is 6.04 Å². The molecule has 0 bridgehead atoms. The monoisotopic (exact) mass is 402 g/mol. The zero-order valence-electron chi connectivity index (χ0n) is 17.1. The van der Waals surface area contributed by atoms with Gasteiger partial charge in [-0.15, -0.1) is 0 Å². The third-order valence-corrected chi connectivity index (χ3v) is 6.46. The van der Waals surface area contributed by atoms with Crippen molar-refractivity contribution in [3.8, 4) is 0 Å². The van der Waals surface area contributed by atoms with Gasteiger partial charge in [-0.2, -0.15) is 0 Å². The van der Waals surface area contributed by atoms with Crippen LogP contribution in [0.15, 0.2) is 54.6 Å². The Bertz CT molecular complexity index is 1090. The van der Waals surface area contributed by atoms with Crippen LogP contribution in [-0.2, 0) is 9.59 Å². The number of nitrogens with zero attached hydrogens (tertiary/aromatic N) is 3. The summed E-state index contributed by atoms with van der Waals surface area (Å²) in [5, 5.41) is 2.92. The third kappa shape index (κ3) is 3.16. The molecule has 0 spiro atoms. The van der Waals surface area contributed by atoms with Crippen molar-refractivity contribution in [1.82, 2.24) is 9.55 Å². The van der Waals surface area contributed by atoms with Gasteiger partial charge in [0.15, 0.2) is 0 Å². The smallest absolute Gasteiger partial charge is 0.253 e. The molecule has 0 saturated heterocycles. The van der Waals surface area contributed by atoms with Crippen LogP contribution in [-0.4, -0.2) is 27.4 Å². The molecule has 154 valence electrons. The Balaban J connectivity index is 1.50. The van der Waals surface area contributed by atoms with E-state index in [1.165, 1.54) is 6.42 Å². The molecule has 1 aliphatic carbocycles. The lowest BCUT2D eigenvalue weighted by molar-refractivity contribution is -0.125. The first-order chi connectivity index (χ1) is 14.6. The normalized spacial score (nSPS) is 23.6. The minimum Gasteiger partial charge on any atom is -0.326 e. The van der Waals surface area contributed by atoms with Crippen LogP contribution < -0.4 is 10.2 Å². The first-order valence-electron chi connectivity index (χ1n) is 10.8. The van der Waals surface area contributed by atoms with Crippen LogP contribution in [0.2, 0.25) is 0 Å². The van der Waals surface area contributed by atoms with Gasteiger partial charge in [-0.1, -0.05) is 50.1 Å². The number of benzene rings is 2. The molecule has 0 unspecified atom stereocenters. The minimum atomic E-state index is -0.565. The first kappa shape index (κ1) is 18.9. The van der Waals surface area contributed by atoms with Crippen LogP contribution >= 0.6 is 0 Å². The van der Waals surface area contributed by atoms with E-state index in [2.05, 4.69) is 12.2 Å². The Morgan fingerprint density at radius 3 is 2.60 bits per heavy atom. The topological polar surface area (TPSA) is 67.2 Å². The second-order valence-corrected chi connectivity index (χ2v) is 8.44. The molecule has 1 saturated carbocycles. The number of hydrogen-bond acceptors (Lipinski definition) is 3. The Hall–Kier alpha value is -3.15. The summed E-state index contributed by atoms with van der Waals surface area (Å²) >= 11 is 0. The summed E-state index contributed by atoms with van der Waals surface area (Å²) in [5.41, 5.74) is 2.51. The van der Waals surface area contributed by atoms with Crippen molar-refractivity contribution in [3.05, 3.63) is 54.6 Å². The third-order valence-electron chi connectivity index (χ3n) is 6.46. The number of amides is 2. The highest BCUT2D eigenvalue weighted by Crippen LogP contribution is 2.41. The number of aromatic nitrogens is 2. The van der Waals surface area contributed by atoms with Crippen molar-refractivity contribution in [2.75, 3.05) is 10.2 Å². The van der Waals surface area contributed by atoms with E-state index >= 15 is 0 Å². The molecule has 3 aromatic rings. The standard InChI is InChI=1S/C24H26N4O2/c1-16-9-5-7-13-19(16)28-23(30)21(15-22(29)25-17-10-3-2-4-11-17)27-20-14-8-6-12-18(20)26-24(27)28/h2-4,6,8,10-12,14,16,19,21H,5,7,9,13,15H2,1H3,(H,25,29)/t16-,19-,21-/m1/s1. The number of fused-ring (bicyclic) bond motifs is 3. The predicted molar refractivity (Wildman–Crippen MR) is 117 cm³/mol. The van der Waals surface area contributed by atoms with Crippen molar-refractivity contribution < 1.29 is 9.59 Å². The fraction of sp³-hybridized carbons (Fsp3) is 0.375. The van der Waals surface area contributed by atoms with Gasteiger partial charge >= 0.3 is 0 Å². The number of hydrogen-bond donors (Lipinski definition) is 1. The maximum absolute atomic E-state index is 13.6. The summed E-state index contributed by atoms with van der Waals surface area (Å²) in [6.07, 6.45) is 4.53. The number of anilines is 2. The van der Waals surface area contributed by atoms with Crippen LogP contribution in [0.3, 0.4) is 0 Å². The molecule has 0 radical (unpaired) electrons. The number of para-hydroxylation sites is 3. The van der Waals surface area contributed by atoms with Crippen LogP contribution in [0.5, 0.6) is 0 Å². The van der Waals surface area contributed by atoms with Gasteiger partial charge < -0.3 is 5.32 Å². The molecular formula is C24H26N4O2. The number of carbonyl (C=O) groups is 2. The molecule has 2 heterocycles. The van der Waals surface area contributed by atoms with Gasteiger partial charge in [0.25, 0.3) is 5.91 Å². The average Bonchev–Trinajstić information content (AvgIpc) is 3.24. The summed E-state index contributed by atoms with van der Waals surface area (Å²) in [6, 6.07) is 16.8. The van der Waals surface area contributed by atoms with E-state index in [4.69, 9.17) is 4.98 Å². The highest BCUT2D eigenvalue weighted by molar-refractivity contribution is 6.05. The summed E-state index contributed by atoms with van der Waals surface area (Å²) in [5.74, 6) is 0.942. The fourth-order valence-corrected chi connectivity index (χ4v) is 4.96. The molecule has 2 aliphatic rings. The Labute approximate surface area is 175 Å². The second-order valence-electron chi connectivity index (χ2n) is 8.44. The van der Waals surface area contributed by atoms with Crippen molar-refractivity contribution in [2.45, 2.75) is 51.1 Å². The molecule has 1 N–H and O–H groups in total.